The molecule has 2 N–H and O–H groups in total. The summed E-state index contributed by atoms with van der Waals surface area (Å²) in [7, 11) is 0. The van der Waals surface area contributed by atoms with Crippen LogP contribution in [0.2, 0.25) is 0 Å². The Morgan fingerprint density at radius 1 is 1.42 bits per heavy atom. The number of hydrogen-bond acceptors (Lipinski definition) is 4. The molecule has 0 fully saturated rings. The first kappa shape index (κ1) is 15.2. The fraction of sp³-hybridized carbons (Fsp3) is 0.545. The van der Waals surface area contributed by atoms with E-state index in [4.69, 9.17) is 5.11 Å². The minimum absolute atomic E-state index is 0.100. The van der Waals surface area contributed by atoms with Gasteiger partial charge in [0, 0.05) is 6.54 Å². The Morgan fingerprint density at radius 3 is 2.53 bits per heavy atom. The quantitative estimate of drug-likeness (QED) is 0.835. The molecule has 1 aromatic rings. The lowest BCUT2D eigenvalue weighted by atomic mass is 10.0. The summed E-state index contributed by atoms with van der Waals surface area (Å²) in [6.45, 7) is 1.96. The highest BCUT2D eigenvalue weighted by atomic mass is 19.4. The van der Waals surface area contributed by atoms with Crippen molar-refractivity contribution < 1.29 is 23.1 Å². The number of carboxylic acids is 1. The Morgan fingerprint density at radius 2 is 2.11 bits per heavy atom. The summed E-state index contributed by atoms with van der Waals surface area (Å²) in [6.07, 6.45) is -3.34. The third-order valence-corrected chi connectivity index (χ3v) is 2.47. The van der Waals surface area contributed by atoms with Crippen molar-refractivity contribution in [3.8, 4) is 0 Å². The van der Waals surface area contributed by atoms with Gasteiger partial charge in [0.2, 0.25) is 0 Å². The zero-order valence-electron chi connectivity index (χ0n) is 10.2. The molecular weight excluding hydrogens is 263 g/mol. The molecule has 0 spiro atoms. The number of halogens is 3. The molecule has 106 valence electrons. The average Bonchev–Trinajstić information content (AvgIpc) is 2.33. The third-order valence-electron chi connectivity index (χ3n) is 2.47. The molecule has 0 aliphatic rings. The molecule has 0 aromatic carbocycles. The van der Waals surface area contributed by atoms with Crippen molar-refractivity contribution in [1.82, 2.24) is 10.2 Å². The monoisotopic (exact) mass is 277 g/mol. The summed E-state index contributed by atoms with van der Waals surface area (Å²) in [5.41, 5.74) is -1.08. The first-order chi connectivity index (χ1) is 8.84. The maximum absolute atomic E-state index is 12.2. The van der Waals surface area contributed by atoms with E-state index < -0.39 is 23.8 Å². The minimum atomic E-state index is -4.53. The molecule has 0 radical (unpaired) electrons. The number of aliphatic carboxylic acids is 1. The van der Waals surface area contributed by atoms with Gasteiger partial charge in [-0.2, -0.15) is 13.2 Å². The molecule has 0 amide bonds. The van der Waals surface area contributed by atoms with E-state index in [1.807, 2.05) is 6.92 Å². The van der Waals surface area contributed by atoms with Crippen molar-refractivity contribution in [3.63, 3.8) is 0 Å². The van der Waals surface area contributed by atoms with Gasteiger partial charge < -0.3 is 10.4 Å². The summed E-state index contributed by atoms with van der Waals surface area (Å²) < 4.78 is 36.7. The topological polar surface area (TPSA) is 75.1 Å². The number of nitrogens with zero attached hydrogens (tertiary/aromatic N) is 2. The molecule has 8 heteroatoms. The van der Waals surface area contributed by atoms with Gasteiger partial charge in [0.25, 0.3) is 0 Å². The van der Waals surface area contributed by atoms with E-state index in [-0.39, 0.29) is 12.4 Å². The number of carbonyl (C=O) groups is 1. The van der Waals surface area contributed by atoms with E-state index in [0.717, 1.165) is 12.1 Å². The van der Waals surface area contributed by atoms with Crippen LogP contribution >= 0.6 is 0 Å². The second-order valence-electron chi connectivity index (χ2n) is 4.01. The predicted octanol–water partition coefficient (Wildman–Crippen LogP) is 2.41. The first-order valence-electron chi connectivity index (χ1n) is 5.72. The van der Waals surface area contributed by atoms with Crippen LogP contribution < -0.4 is 5.32 Å². The summed E-state index contributed by atoms with van der Waals surface area (Å²) >= 11 is 0. The molecule has 0 aliphatic heterocycles. The van der Waals surface area contributed by atoms with E-state index in [2.05, 4.69) is 15.5 Å². The maximum Gasteiger partial charge on any atom is 0.435 e. The number of rotatable bonds is 6. The Labute approximate surface area is 107 Å². The Balaban J connectivity index is 2.61. The number of aromatic nitrogens is 2. The van der Waals surface area contributed by atoms with Gasteiger partial charge in [-0.1, -0.05) is 13.3 Å². The summed E-state index contributed by atoms with van der Waals surface area (Å²) in [4.78, 5) is 10.9. The van der Waals surface area contributed by atoms with Crippen molar-refractivity contribution in [1.29, 1.82) is 0 Å². The Bertz CT molecular complexity index is 420. The summed E-state index contributed by atoms with van der Waals surface area (Å²) in [5.74, 6) is -1.43. The molecule has 1 aromatic heterocycles. The number of nitrogens with one attached hydrogen (secondary N) is 1. The van der Waals surface area contributed by atoms with Crippen LogP contribution in [0.1, 0.15) is 25.5 Å². The van der Waals surface area contributed by atoms with Crippen molar-refractivity contribution >= 4 is 11.8 Å². The summed E-state index contributed by atoms with van der Waals surface area (Å²) in [6, 6.07) is 1.92. The molecule has 0 saturated heterocycles. The van der Waals surface area contributed by atoms with Crippen molar-refractivity contribution in [2.24, 2.45) is 5.92 Å². The van der Waals surface area contributed by atoms with Crippen LogP contribution in [-0.4, -0.2) is 27.8 Å². The lowest BCUT2D eigenvalue weighted by molar-refractivity contribution is -0.142. The van der Waals surface area contributed by atoms with Gasteiger partial charge in [-0.05, 0) is 18.6 Å². The van der Waals surface area contributed by atoms with E-state index in [9.17, 15) is 18.0 Å². The first-order valence-corrected chi connectivity index (χ1v) is 5.72. The minimum Gasteiger partial charge on any atom is -0.481 e. The van der Waals surface area contributed by atoms with Gasteiger partial charge in [-0.25, -0.2) is 0 Å². The molecule has 1 rings (SSSR count). The standard InChI is InChI=1S/C11H14F3N3O2/c1-2-3-7(10(18)19)6-15-9-5-4-8(16-17-9)11(12,13)14/h4-5,7H,2-3,6H2,1H3,(H,15,17)(H,18,19). The number of carboxylic acid groups (broad SMARTS) is 1. The van der Waals surface area contributed by atoms with Gasteiger partial charge in [0.1, 0.15) is 5.82 Å². The molecule has 0 bridgehead atoms. The second-order valence-corrected chi connectivity index (χ2v) is 4.01. The molecular formula is C11H14F3N3O2. The highest BCUT2D eigenvalue weighted by Crippen LogP contribution is 2.27. The van der Waals surface area contributed by atoms with Crippen LogP contribution in [0.25, 0.3) is 0 Å². The average molecular weight is 277 g/mol. The summed E-state index contributed by atoms with van der Waals surface area (Å²) in [5, 5.41) is 18.0. The van der Waals surface area contributed by atoms with E-state index in [1.165, 1.54) is 0 Å². The van der Waals surface area contributed by atoms with Gasteiger partial charge in [-0.15, -0.1) is 10.2 Å². The van der Waals surface area contributed by atoms with Crippen molar-refractivity contribution in [2.45, 2.75) is 25.9 Å². The Kier molecular flexibility index (Phi) is 5.08. The van der Waals surface area contributed by atoms with Crippen LogP contribution in [0.4, 0.5) is 19.0 Å². The van der Waals surface area contributed by atoms with Gasteiger partial charge in [-0.3, -0.25) is 4.79 Å². The van der Waals surface area contributed by atoms with E-state index >= 15 is 0 Å². The molecule has 0 aliphatic carbocycles. The SMILES string of the molecule is CCCC(CNc1ccc(C(F)(F)F)nn1)C(=O)O. The highest BCUT2D eigenvalue weighted by Gasteiger charge is 2.32. The molecule has 19 heavy (non-hydrogen) atoms. The molecule has 1 atom stereocenters. The number of alkyl halides is 3. The number of anilines is 1. The van der Waals surface area contributed by atoms with Crippen LogP contribution in [0.15, 0.2) is 12.1 Å². The van der Waals surface area contributed by atoms with Crippen molar-refractivity contribution in [3.05, 3.63) is 17.8 Å². The largest absolute Gasteiger partial charge is 0.481 e. The smallest absolute Gasteiger partial charge is 0.435 e. The van der Waals surface area contributed by atoms with Gasteiger partial charge in [0.15, 0.2) is 5.69 Å². The molecule has 5 nitrogen and oxygen atoms in total. The third kappa shape index (κ3) is 4.72. The van der Waals surface area contributed by atoms with E-state index in [1.54, 1.807) is 0 Å². The zero-order valence-corrected chi connectivity index (χ0v) is 10.2. The zero-order chi connectivity index (χ0) is 14.5. The molecule has 0 saturated carbocycles. The molecule has 1 unspecified atom stereocenters. The predicted molar refractivity (Wildman–Crippen MR) is 61.6 cm³/mol. The Hall–Kier alpha value is -1.86. The van der Waals surface area contributed by atoms with Gasteiger partial charge in [0.05, 0.1) is 5.92 Å². The fourth-order valence-electron chi connectivity index (χ4n) is 1.47. The van der Waals surface area contributed by atoms with Gasteiger partial charge >= 0.3 is 12.1 Å². The van der Waals surface area contributed by atoms with Crippen LogP contribution in [-0.2, 0) is 11.0 Å². The second kappa shape index (κ2) is 6.35. The maximum atomic E-state index is 12.2. The number of hydrogen-bond donors (Lipinski definition) is 2. The van der Waals surface area contributed by atoms with E-state index in [0.29, 0.717) is 12.8 Å². The lowest BCUT2D eigenvalue weighted by Crippen LogP contribution is -2.23. The molecule has 1 heterocycles. The van der Waals surface area contributed by atoms with Crippen molar-refractivity contribution in [2.75, 3.05) is 11.9 Å². The fourth-order valence-corrected chi connectivity index (χ4v) is 1.47. The van der Waals surface area contributed by atoms with Crippen LogP contribution in [0, 0.1) is 5.92 Å². The van der Waals surface area contributed by atoms with Crippen LogP contribution in [0.3, 0.4) is 0 Å². The normalized spacial score (nSPS) is 13.1. The lowest BCUT2D eigenvalue weighted by Gasteiger charge is -2.12. The van der Waals surface area contributed by atoms with Crippen LogP contribution in [0.5, 0.6) is 0 Å². The highest BCUT2D eigenvalue weighted by molar-refractivity contribution is 5.70.